The molecule has 1 aromatic rings. The highest BCUT2D eigenvalue weighted by Crippen LogP contribution is 2.16. The van der Waals surface area contributed by atoms with Crippen LogP contribution in [0.2, 0.25) is 0 Å². The molecule has 5 heteroatoms. The fourth-order valence-electron chi connectivity index (χ4n) is 1.32. The summed E-state index contributed by atoms with van der Waals surface area (Å²) < 4.78 is 49.4. The van der Waals surface area contributed by atoms with Gasteiger partial charge in [-0.15, -0.1) is 0 Å². The van der Waals surface area contributed by atoms with Crippen molar-refractivity contribution >= 4 is 9.84 Å². The fourth-order valence-corrected chi connectivity index (χ4v) is 2.89. The van der Waals surface area contributed by atoms with Crippen molar-refractivity contribution in [1.29, 1.82) is 0 Å². The third-order valence-electron chi connectivity index (χ3n) is 1.89. The number of halogens is 2. The molecule has 0 unspecified atom stereocenters. The number of hydrogen-bond donors (Lipinski definition) is 0. The van der Waals surface area contributed by atoms with E-state index in [1.54, 1.807) is 6.92 Å². The van der Waals surface area contributed by atoms with E-state index in [2.05, 4.69) is 6.58 Å². The van der Waals surface area contributed by atoms with E-state index in [1.807, 2.05) is 0 Å². The molecular weight excluding hydrogens is 234 g/mol. The summed E-state index contributed by atoms with van der Waals surface area (Å²) in [5.41, 5.74) is 0.0282. The van der Waals surface area contributed by atoms with Gasteiger partial charge in [0.2, 0.25) is 0 Å². The second-order valence-electron chi connectivity index (χ2n) is 3.69. The molecule has 0 bridgehead atoms. The summed E-state index contributed by atoms with van der Waals surface area (Å²) in [5, 5.41) is 0. The van der Waals surface area contributed by atoms with Crippen LogP contribution in [-0.4, -0.2) is 14.2 Å². The van der Waals surface area contributed by atoms with Crippen LogP contribution in [0.15, 0.2) is 30.4 Å². The van der Waals surface area contributed by atoms with Crippen molar-refractivity contribution < 1.29 is 17.2 Å². The van der Waals surface area contributed by atoms with Crippen molar-refractivity contribution in [2.24, 2.45) is 0 Å². The van der Waals surface area contributed by atoms with Gasteiger partial charge in [-0.2, -0.15) is 0 Å². The number of hydrogen-bond acceptors (Lipinski definition) is 2. The molecule has 0 amide bonds. The van der Waals surface area contributed by atoms with Gasteiger partial charge < -0.3 is 0 Å². The molecule has 0 atom stereocenters. The Labute approximate surface area is 93.5 Å². The van der Waals surface area contributed by atoms with Gasteiger partial charge in [0.15, 0.2) is 9.84 Å². The lowest BCUT2D eigenvalue weighted by molar-refractivity contribution is 0.556. The first-order valence-corrected chi connectivity index (χ1v) is 6.41. The molecule has 1 aromatic carbocycles. The first kappa shape index (κ1) is 12.8. The summed E-state index contributed by atoms with van der Waals surface area (Å²) >= 11 is 0. The van der Waals surface area contributed by atoms with E-state index in [4.69, 9.17) is 0 Å². The maximum Gasteiger partial charge on any atom is 0.158 e. The molecule has 0 spiro atoms. The molecule has 16 heavy (non-hydrogen) atoms. The smallest absolute Gasteiger partial charge is 0.158 e. The normalized spacial score (nSPS) is 11.4. The average molecular weight is 246 g/mol. The third kappa shape index (κ3) is 3.41. The topological polar surface area (TPSA) is 34.1 Å². The van der Waals surface area contributed by atoms with Crippen LogP contribution in [0.5, 0.6) is 0 Å². The van der Waals surface area contributed by atoms with Crippen molar-refractivity contribution in [2.45, 2.75) is 12.7 Å². The van der Waals surface area contributed by atoms with E-state index in [1.165, 1.54) is 6.07 Å². The second kappa shape index (κ2) is 4.74. The summed E-state index contributed by atoms with van der Waals surface area (Å²) in [4.78, 5) is 0. The molecule has 0 aliphatic carbocycles. The Bertz CT molecular complexity index is 486. The first-order chi connectivity index (χ1) is 7.32. The molecule has 0 aromatic heterocycles. The molecule has 0 aliphatic rings. The molecule has 0 radical (unpaired) electrons. The number of benzene rings is 1. The largest absolute Gasteiger partial charge is 0.228 e. The highest BCUT2D eigenvalue weighted by Gasteiger charge is 2.18. The lowest BCUT2D eigenvalue weighted by atomic mass is 10.2. The molecular formula is C11H12F2O2S. The fraction of sp³-hybridized carbons (Fsp3) is 0.273. The molecule has 2 nitrogen and oxygen atoms in total. The molecule has 0 saturated carbocycles. The highest BCUT2D eigenvalue weighted by molar-refractivity contribution is 7.90. The Hall–Kier alpha value is -1.23. The monoisotopic (exact) mass is 246 g/mol. The predicted molar refractivity (Wildman–Crippen MR) is 58.7 cm³/mol. The van der Waals surface area contributed by atoms with Crippen molar-refractivity contribution in [3.63, 3.8) is 0 Å². The zero-order valence-electron chi connectivity index (χ0n) is 8.83. The van der Waals surface area contributed by atoms with Gasteiger partial charge >= 0.3 is 0 Å². The molecule has 0 N–H and O–H groups in total. The Balaban J connectivity index is 3.01. The molecule has 1 rings (SSSR count). The maximum atomic E-state index is 13.2. The standard InChI is InChI=1S/C11H12F2O2S/c1-8(2)6-16(14,15)7-9-10(12)4-3-5-11(9)13/h3-5H,1,6-7H2,2H3. The van der Waals surface area contributed by atoms with Crippen LogP contribution in [0.25, 0.3) is 0 Å². The van der Waals surface area contributed by atoms with E-state index < -0.39 is 32.8 Å². The van der Waals surface area contributed by atoms with Crippen LogP contribution in [0.1, 0.15) is 12.5 Å². The van der Waals surface area contributed by atoms with Gasteiger partial charge in [0.05, 0.1) is 11.5 Å². The van der Waals surface area contributed by atoms with Gasteiger partial charge in [-0.1, -0.05) is 18.2 Å². The van der Waals surface area contributed by atoms with Gasteiger partial charge in [0.25, 0.3) is 0 Å². The van der Waals surface area contributed by atoms with Crippen LogP contribution >= 0.6 is 0 Å². The average Bonchev–Trinajstić information content (AvgIpc) is 2.09. The zero-order valence-corrected chi connectivity index (χ0v) is 9.65. The Morgan fingerprint density at radius 2 is 1.81 bits per heavy atom. The van der Waals surface area contributed by atoms with Gasteiger partial charge in [-0.25, -0.2) is 17.2 Å². The molecule has 0 heterocycles. The Morgan fingerprint density at radius 1 is 1.31 bits per heavy atom. The van der Waals surface area contributed by atoms with Crippen molar-refractivity contribution in [2.75, 3.05) is 5.75 Å². The molecule has 88 valence electrons. The second-order valence-corrected chi connectivity index (χ2v) is 5.75. The van der Waals surface area contributed by atoms with Crippen molar-refractivity contribution in [1.82, 2.24) is 0 Å². The molecule has 0 aliphatic heterocycles. The Kier molecular flexibility index (Phi) is 3.80. The SMILES string of the molecule is C=C(C)CS(=O)(=O)Cc1c(F)cccc1F. The van der Waals surface area contributed by atoms with Crippen molar-refractivity contribution in [3.05, 3.63) is 47.5 Å². The quantitative estimate of drug-likeness (QED) is 0.765. The van der Waals surface area contributed by atoms with Crippen LogP contribution in [-0.2, 0) is 15.6 Å². The zero-order chi connectivity index (χ0) is 12.3. The summed E-state index contributed by atoms with van der Waals surface area (Å²) in [6.45, 7) is 5.01. The van der Waals surface area contributed by atoms with E-state index in [9.17, 15) is 17.2 Å². The highest BCUT2D eigenvalue weighted by atomic mass is 32.2. The van der Waals surface area contributed by atoms with E-state index in [-0.39, 0.29) is 5.75 Å². The maximum absolute atomic E-state index is 13.2. The minimum absolute atomic E-state index is 0.263. The van der Waals surface area contributed by atoms with Crippen LogP contribution in [0.4, 0.5) is 8.78 Å². The summed E-state index contributed by atoms with van der Waals surface area (Å²) in [7, 11) is -3.56. The van der Waals surface area contributed by atoms with Gasteiger partial charge in [-0.05, 0) is 19.1 Å². The molecule has 0 fully saturated rings. The van der Waals surface area contributed by atoms with E-state index in [0.29, 0.717) is 5.57 Å². The first-order valence-electron chi connectivity index (χ1n) is 4.59. The van der Waals surface area contributed by atoms with Gasteiger partial charge in [0.1, 0.15) is 11.6 Å². The molecule has 0 saturated heterocycles. The summed E-state index contributed by atoms with van der Waals surface area (Å²) in [5.74, 6) is -2.59. The lowest BCUT2D eigenvalue weighted by Crippen LogP contribution is -2.12. The third-order valence-corrected chi connectivity index (χ3v) is 3.55. The number of sulfone groups is 1. The van der Waals surface area contributed by atoms with Crippen LogP contribution < -0.4 is 0 Å². The minimum atomic E-state index is -3.56. The minimum Gasteiger partial charge on any atom is -0.228 e. The lowest BCUT2D eigenvalue weighted by Gasteiger charge is -2.06. The van der Waals surface area contributed by atoms with E-state index >= 15 is 0 Å². The predicted octanol–water partition coefficient (Wildman–Crippen LogP) is 2.46. The summed E-state index contributed by atoms with van der Waals surface area (Å²) in [6, 6.07) is 3.27. The van der Waals surface area contributed by atoms with Crippen molar-refractivity contribution in [3.8, 4) is 0 Å². The van der Waals surface area contributed by atoms with E-state index in [0.717, 1.165) is 12.1 Å². The van der Waals surface area contributed by atoms with Crippen LogP contribution in [0, 0.1) is 11.6 Å². The number of rotatable bonds is 4. The Morgan fingerprint density at radius 3 is 2.25 bits per heavy atom. The van der Waals surface area contributed by atoms with Crippen LogP contribution in [0.3, 0.4) is 0 Å². The summed E-state index contributed by atoms with van der Waals surface area (Å²) in [6.07, 6.45) is 0. The van der Waals surface area contributed by atoms with Gasteiger partial charge in [-0.3, -0.25) is 0 Å². The van der Waals surface area contributed by atoms with Gasteiger partial charge in [0, 0.05) is 5.56 Å².